The van der Waals surface area contributed by atoms with Crippen molar-refractivity contribution in [2.24, 2.45) is 5.92 Å². The Balaban J connectivity index is 2.90. The molecule has 0 amide bonds. The van der Waals surface area contributed by atoms with Crippen molar-refractivity contribution in [2.45, 2.75) is 26.2 Å². The first kappa shape index (κ1) is 12.9. The molecule has 0 aromatic rings. The van der Waals surface area contributed by atoms with Crippen LogP contribution in [0, 0.1) is 5.92 Å². The van der Waals surface area contributed by atoms with Gasteiger partial charge in [-0.25, -0.2) is 0 Å². The third-order valence-electron chi connectivity index (χ3n) is 3.03. The van der Waals surface area contributed by atoms with Gasteiger partial charge in [-0.05, 0) is 36.0 Å². The Hall–Kier alpha value is -1.15. The van der Waals surface area contributed by atoms with E-state index in [4.69, 9.17) is 4.74 Å². The molecule has 0 aromatic heterocycles. The maximum absolute atomic E-state index is 12.1. The van der Waals surface area contributed by atoms with E-state index in [0.717, 1.165) is 36.0 Å². The molecule has 88 valence electrons. The molecule has 0 aliphatic heterocycles. The van der Waals surface area contributed by atoms with E-state index in [2.05, 4.69) is 13.2 Å². The minimum absolute atomic E-state index is 0.0987. The molecule has 1 atom stereocenters. The highest BCUT2D eigenvalue weighted by molar-refractivity contribution is 5.99. The highest BCUT2D eigenvalue weighted by atomic mass is 16.5. The standard InChI is InChI=1S/C14H20O2/c1-5-10(2)14(15)13-8-6-7-12(13)11(3)9-16-4/h5,10H,1,3,6-9H2,2,4H3. The first-order valence-corrected chi connectivity index (χ1v) is 5.67. The van der Waals surface area contributed by atoms with Gasteiger partial charge in [0, 0.05) is 13.0 Å². The molecule has 0 heterocycles. The van der Waals surface area contributed by atoms with Gasteiger partial charge in [-0.2, -0.15) is 0 Å². The Morgan fingerprint density at radius 3 is 2.69 bits per heavy atom. The van der Waals surface area contributed by atoms with Crippen LogP contribution in [0.1, 0.15) is 26.2 Å². The number of allylic oxidation sites excluding steroid dienone is 2. The summed E-state index contributed by atoms with van der Waals surface area (Å²) in [5.74, 6) is 0.0956. The average Bonchev–Trinajstić information content (AvgIpc) is 2.76. The van der Waals surface area contributed by atoms with E-state index >= 15 is 0 Å². The van der Waals surface area contributed by atoms with Gasteiger partial charge in [-0.1, -0.05) is 19.6 Å². The van der Waals surface area contributed by atoms with E-state index in [-0.39, 0.29) is 11.7 Å². The average molecular weight is 220 g/mol. The second-order valence-corrected chi connectivity index (χ2v) is 4.24. The lowest BCUT2D eigenvalue weighted by molar-refractivity contribution is -0.117. The summed E-state index contributed by atoms with van der Waals surface area (Å²) in [6, 6.07) is 0. The zero-order chi connectivity index (χ0) is 12.1. The maximum Gasteiger partial charge on any atom is 0.165 e. The summed E-state index contributed by atoms with van der Waals surface area (Å²) in [6.45, 7) is 10.0. The van der Waals surface area contributed by atoms with Crippen molar-refractivity contribution < 1.29 is 9.53 Å². The van der Waals surface area contributed by atoms with Crippen molar-refractivity contribution in [1.82, 2.24) is 0 Å². The Labute approximate surface area is 97.7 Å². The fraction of sp³-hybridized carbons (Fsp3) is 0.500. The number of ketones is 1. The Bertz CT molecular complexity index is 337. The quantitative estimate of drug-likeness (QED) is 0.643. The molecular formula is C14H20O2. The van der Waals surface area contributed by atoms with Crippen LogP contribution >= 0.6 is 0 Å². The van der Waals surface area contributed by atoms with Gasteiger partial charge in [0.1, 0.15) is 0 Å². The number of methoxy groups -OCH3 is 1. The van der Waals surface area contributed by atoms with E-state index in [1.807, 2.05) is 6.92 Å². The van der Waals surface area contributed by atoms with Crippen molar-refractivity contribution in [3.8, 4) is 0 Å². The number of carbonyl (C=O) groups excluding carboxylic acids is 1. The molecule has 16 heavy (non-hydrogen) atoms. The van der Waals surface area contributed by atoms with Crippen LogP contribution in [0.4, 0.5) is 0 Å². The van der Waals surface area contributed by atoms with Crippen molar-refractivity contribution in [3.63, 3.8) is 0 Å². The van der Waals surface area contributed by atoms with Crippen LogP contribution in [0.25, 0.3) is 0 Å². The van der Waals surface area contributed by atoms with Gasteiger partial charge < -0.3 is 4.74 Å². The number of hydrogen-bond acceptors (Lipinski definition) is 2. The predicted molar refractivity (Wildman–Crippen MR) is 66.3 cm³/mol. The zero-order valence-electron chi connectivity index (χ0n) is 10.2. The highest BCUT2D eigenvalue weighted by Crippen LogP contribution is 2.32. The van der Waals surface area contributed by atoms with Crippen LogP contribution in [-0.2, 0) is 9.53 Å². The molecule has 0 radical (unpaired) electrons. The molecule has 1 unspecified atom stereocenters. The van der Waals surface area contributed by atoms with E-state index in [1.165, 1.54) is 0 Å². The molecule has 2 heteroatoms. The smallest absolute Gasteiger partial charge is 0.165 e. The largest absolute Gasteiger partial charge is 0.380 e. The molecule has 0 aromatic carbocycles. The molecule has 0 saturated carbocycles. The second kappa shape index (κ2) is 5.80. The summed E-state index contributed by atoms with van der Waals surface area (Å²) >= 11 is 0. The second-order valence-electron chi connectivity index (χ2n) is 4.24. The molecule has 1 aliphatic rings. The topological polar surface area (TPSA) is 26.3 Å². The Kier molecular flexibility index (Phi) is 4.69. The van der Waals surface area contributed by atoms with Crippen LogP contribution in [0.2, 0.25) is 0 Å². The van der Waals surface area contributed by atoms with Gasteiger partial charge in [-0.3, -0.25) is 4.79 Å². The first-order chi connectivity index (χ1) is 7.61. The van der Waals surface area contributed by atoms with E-state index < -0.39 is 0 Å². The normalized spacial score (nSPS) is 17.4. The molecule has 2 nitrogen and oxygen atoms in total. The predicted octanol–water partition coefficient (Wildman–Crippen LogP) is 3.06. The van der Waals surface area contributed by atoms with Gasteiger partial charge in [0.25, 0.3) is 0 Å². The van der Waals surface area contributed by atoms with Gasteiger partial charge in [0.2, 0.25) is 0 Å². The molecule has 0 N–H and O–H groups in total. The van der Waals surface area contributed by atoms with Crippen LogP contribution < -0.4 is 0 Å². The lowest BCUT2D eigenvalue weighted by Gasteiger charge is -2.11. The number of ether oxygens (including phenoxy) is 1. The summed E-state index contributed by atoms with van der Waals surface area (Å²) in [7, 11) is 1.65. The summed E-state index contributed by atoms with van der Waals surface area (Å²) < 4.78 is 5.07. The molecule has 0 bridgehead atoms. The fourth-order valence-corrected chi connectivity index (χ4v) is 2.05. The summed E-state index contributed by atoms with van der Waals surface area (Å²) in [6.07, 6.45) is 4.57. The van der Waals surface area contributed by atoms with E-state index in [9.17, 15) is 4.79 Å². The van der Waals surface area contributed by atoms with Gasteiger partial charge in [-0.15, -0.1) is 6.58 Å². The molecule has 0 spiro atoms. The van der Waals surface area contributed by atoms with Crippen molar-refractivity contribution >= 4 is 5.78 Å². The maximum atomic E-state index is 12.1. The van der Waals surface area contributed by atoms with E-state index in [0.29, 0.717) is 6.61 Å². The molecule has 0 fully saturated rings. The SMILES string of the molecule is C=CC(C)C(=O)C1=C(C(=C)COC)CCC1. The third kappa shape index (κ3) is 2.70. The monoisotopic (exact) mass is 220 g/mol. The Morgan fingerprint density at radius 1 is 1.50 bits per heavy atom. The minimum Gasteiger partial charge on any atom is -0.380 e. The van der Waals surface area contributed by atoms with Crippen LogP contribution in [-0.4, -0.2) is 19.5 Å². The van der Waals surface area contributed by atoms with Crippen LogP contribution in [0.3, 0.4) is 0 Å². The molecule has 0 saturated heterocycles. The lowest BCUT2D eigenvalue weighted by Crippen LogP contribution is -2.12. The minimum atomic E-state index is -0.0987. The third-order valence-corrected chi connectivity index (χ3v) is 3.03. The van der Waals surface area contributed by atoms with Crippen molar-refractivity contribution in [3.05, 3.63) is 36.0 Å². The van der Waals surface area contributed by atoms with E-state index in [1.54, 1.807) is 13.2 Å². The summed E-state index contributed by atoms with van der Waals surface area (Å²) in [4.78, 5) is 12.1. The van der Waals surface area contributed by atoms with Gasteiger partial charge in [0.05, 0.1) is 6.61 Å². The fourth-order valence-electron chi connectivity index (χ4n) is 2.05. The van der Waals surface area contributed by atoms with Crippen LogP contribution in [0.15, 0.2) is 36.0 Å². The summed E-state index contributed by atoms with van der Waals surface area (Å²) in [5.41, 5.74) is 3.00. The number of hydrogen-bond donors (Lipinski definition) is 0. The first-order valence-electron chi connectivity index (χ1n) is 5.67. The lowest BCUT2D eigenvalue weighted by atomic mass is 9.94. The number of carbonyl (C=O) groups is 1. The number of rotatable bonds is 6. The van der Waals surface area contributed by atoms with Gasteiger partial charge in [0.15, 0.2) is 5.78 Å². The zero-order valence-corrected chi connectivity index (χ0v) is 10.2. The number of Topliss-reactive ketones (excluding diaryl/α,β-unsaturated/α-hetero) is 1. The highest BCUT2D eigenvalue weighted by Gasteiger charge is 2.24. The van der Waals surface area contributed by atoms with Crippen molar-refractivity contribution in [1.29, 1.82) is 0 Å². The van der Waals surface area contributed by atoms with Crippen molar-refractivity contribution in [2.75, 3.05) is 13.7 Å². The van der Waals surface area contributed by atoms with Gasteiger partial charge >= 0.3 is 0 Å². The molecule has 1 rings (SSSR count). The molecular weight excluding hydrogens is 200 g/mol. The van der Waals surface area contributed by atoms with Crippen LogP contribution in [0.5, 0.6) is 0 Å². The Morgan fingerprint density at radius 2 is 2.12 bits per heavy atom. The summed E-state index contributed by atoms with van der Waals surface area (Å²) in [5, 5.41) is 0. The molecule has 1 aliphatic carbocycles.